The molecular weight excluding hydrogens is 242 g/mol. The summed E-state index contributed by atoms with van der Waals surface area (Å²) in [4.78, 5) is 0. The fraction of sp³-hybridized carbons (Fsp3) is 0.714. The van der Waals surface area contributed by atoms with E-state index in [1.165, 1.54) is 0 Å². The standard InChI is InChI=1S/C14H21N3O2/c15-13(12-1-5-16-17-10-12)11-2-6-19-14(9-11)3-7-18-8-4-14/h1,5,10-11,13H,2-4,6-9,15H2. The second kappa shape index (κ2) is 5.53. The van der Waals surface area contributed by atoms with E-state index in [1.54, 1.807) is 12.4 Å². The summed E-state index contributed by atoms with van der Waals surface area (Å²) in [5, 5.41) is 7.73. The van der Waals surface area contributed by atoms with Crippen LogP contribution in [0.15, 0.2) is 18.5 Å². The number of nitrogens with zero attached hydrogens (tertiary/aromatic N) is 2. The van der Waals surface area contributed by atoms with Gasteiger partial charge in [-0.1, -0.05) is 0 Å². The molecule has 0 aromatic carbocycles. The fourth-order valence-corrected chi connectivity index (χ4v) is 3.23. The zero-order valence-corrected chi connectivity index (χ0v) is 11.1. The lowest BCUT2D eigenvalue weighted by Gasteiger charge is -2.44. The van der Waals surface area contributed by atoms with Crippen molar-refractivity contribution in [3.8, 4) is 0 Å². The van der Waals surface area contributed by atoms with Gasteiger partial charge in [0.2, 0.25) is 0 Å². The second-order valence-electron chi connectivity index (χ2n) is 5.60. The molecule has 3 heterocycles. The molecule has 5 nitrogen and oxygen atoms in total. The second-order valence-corrected chi connectivity index (χ2v) is 5.60. The van der Waals surface area contributed by atoms with Gasteiger partial charge in [0.15, 0.2) is 0 Å². The summed E-state index contributed by atoms with van der Waals surface area (Å²) in [6.45, 7) is 2.41. The van der Waals surface area contributed by atoms with Crippen LogP contribution in [0.1, 0.15) is 37.3 Å². The number of hydrogen-bond acceptors (Lipinski definition) is 5. The Hall–Kier alpha value is -1.04. The Kier molecular flexibility index (Phi) is 3.77. The van der Waals surface area contributed by atoms with Crippen LogP contribution < -0.4 is 5.73 Å². The highest BCUT2D eigenvalue weighted by Crippen LogP contribution is 2.40. The lowest BCUT2D eigenvalue weighted by molar-refractivity contribution is -0.149. The van der Waals surface area contributed by atoms with Gasteiger partial charge < -0.3 is 15.2 Å². The molecular formula is C14H21N3O2. The van der Waals surface area contributed by atoms with Crippen LogP contribution in [0.4, 0.5) is 0 Å². The summed E-state index contributed by atoms with van der Waals surface area (Å²) in [6.07, 6.45) is 7.51. The molecule has 5 heteroatoms. The van der Waals surface area contributed by atoms with Crippen molar-refractivity contribution in [2.24, 2.45) is 11.7 Å². The Balaban J connectivity index is 1.71. The molecule has 3 rings (SSSR count). The molecule has 2 saturated heterocycles. The molecule has 2 N–H and O–H groups in total. The maximum absolute atomic E-state index is 6.41. The molecule has 0 amide bonds. The van der Waals surface area contributed by atoms with Gasteiger partial charge in [-0.25, -0.2) is 0 Å². The lowest BCUT2D eigenvalue weighted by Crippen LogP contribution is -2.46. The molecule has 1 spiro atoms. The van der Waals surface area contributed by atoms with Gasteiger partial charge in [0.1, 0.15) is 0 Å². The highest BCUT2D eigenvalue weighted by atomic mass is 16.5. The minimum absolute atomic E-state index is 0.000748. The van der Waals surface area contributed by atoms with Crippen molar-refractivity contribution >= 4 is 0 Å². The van der Waals surface area contributed by atoms with Crippen molar-refractivity contribution < 1.29 is 9.47 Å². The average Bonchev–Trinajstić information content (AvgIpc) is 2.48. The van der Waals surface area contributed by atoms with E-state index >= 15 is 0 Å². The molecule has 1 aromatic rings. The van der Waals surface area contributed by atoms with E-state index in [0.29, 0.717) is 5.92 Å². The summed E-state index contributed by atoms with van der Waals surface area (Å²) < 4.78 is 11.5. The Morgan fingerprint density at radius 1 is 1.26 bits per heavy atom. The van der Waals surface area contributed by atoms with Crippen LogP contribution in [0.2, 0.25) is 0 Å². The van der Waals surface area contributed by atoms with E-state index in [0.717, 1.165) is 51.1 Å². The molecule has 2 unspecified atom stereocenters. The zero-order valence-electron chi connectivity index (χ0n) is 11.1. The number of hydrogen-bond donors (Lipinski definition) is 1. The van der Waals surface area contributed by atoms with Gasteiger partial charge in [0.25, 0.3) is 0 Å². The minimum atomic E-state index is -0.000748. The molecule has 0 saturated carbocycles. The molecule has 2 fully saturated rings. The van der Waals surface area contributed by atoms with Gasteiger partial charge in [-0.2, -0.15) is 10.2 Å². The molecule has 2 aliphatic heterocycles. The smallest absolute Gasteiger partial charge is 0.0729 e. The SMILES string of the molecule is NC(c1ccnnc1)C1CCOC2(CCOCC2)C1. The third-order valence-electron chi connectivity index (χ3n) is 4.44. The number of ether oxygens (including phenoxy) is 2. The first kappa shape index (κ1) is 13.0. The van der Waals surface area contributed by atoms with Crippen molar-refractivity contribution in [1.82, 2.24) is 10.2 Å². The van der Waals surface area contributed by atoms with Crippen LogP contribution in [0.3, 0.4) is 0 Å². The monoisotopic (exact) mass is 263 g/mol. The number of nitrogens with two attached hydrogens (primary N) is 1. The first-order chi connectivity index (χ1) is 9.29. The third-order valence-corrected chi connectivity index (χ3v) is 4.44. The summed E-state index contributed by atoms with van der Waals surface area (Å²) in [5.74, 6) is 0.455. The van der Waals surface area contributed by atoms with Crippen molar-refractivity contribution in [3.63, 3.8) is 0 Å². The van der Waals surface area contributed by atoms with Crippen LogP contribution in [0, 0.1) is 5.92 Å². The normalized spacial score (nSPS) is 28.2. The zero-order chi connectivity index (χ0) is 13.1. The summed E-state index contributed by atoms with van der Waals surface area (Å²) in [6, 6.07) is 1.99. The van der Waals surface area contributed by atoms with Gasteiger partial charge in [0.05, 0.1) is 11.8 Å². The highest BCUT2D eigenvalue weighted by Gasteiger charge is 2.40. The van der Waals surface area contributed by atoms with Crippen LogP contribution in [0.25, 0.3) is 0 Å². The van der Waals surface area contributed by atoms with E-state index in [9.17, 15) is 0 Å². The van der Waals surface area contributed by atoms with Crippen LogP contribution >= 0.6 is 0 Å². The van der Waals surface area contributed by atoms with Crippen molar-refractivity contribution in [3.05, 3.63) is 24.0 Å². The number of aromatic nitrogens is 2. The van der Waals surface area contributed by atoms with Crippen LogP contribution in [-0.4, -0.2) is 35.6 Å². The van der Waals surface area contributed by atoms with E-state index in [1.807, 2.05) is 6.07 Å². The van der Waals surface area contributed by atoms with Crippen molar-refractivity contribution in [2.45, 2.75) is 37.3 Å². The predicted molar refractivity (Wildman–Crippen MR) is 70.4 cm³/mol. The molecule has 0 radical (unpaired) electrons. The summed E-state index contributed by atoms with van der Waals surface area (Å²) in [5.41, 5.74) is 7.48. The Morgan fingerprint density at radius 2 is 2.11 bits per heavy atom. The van der Waals surface area contributed by atoms with Gasteiger partial charge >= 0.3 is 0 Å². The molecule has 1 aromatic heterocycles. The first-order valence-electron chi connectivity index (χ1n) is 7.03. The van der Waals surface area contributed by atoms with Gasteiger partial charge in [-0.3, -0.25) is 0 Å². The quantitative estimate of drug-likeness (QED) is 0.874. The van der Waals surface area contributed by atoms with Gasteiger partial charge in [-0.05, 0) is 43.2 Å². The lowest BCUT2D eigenvalue weighted by atomic mass is 9.77. The van der Waals surface area contributed by atoms with E-state index < -0.39 is 0 Å². The highest BCUT2D eigenvalue weighted by molar-refractivity contribution is 5.13. The van der Waals surface area contributed by atoms with Gasteiger partial charge in [0, 0.05) is 32.1 Å². The van der Waals surface area contributed by atoms with E-state index in [-0.39, 0.29) is 11.6 Å². The summed E-state index contributed by atoms with van der Waals surface area (Å²) >= 11 is 0. The van der Waals surface area contributed by atoms with Crippen molar-refractivity contribution in [2.75, 3.05) is 19.8 Å². The maximum atomic E-state index is 6.41. The topological polar surface area (TPSA) is 70.3 Å². The minimum Gasteiger partial charge on any atom is -0.381 e. The third kappa shape index (κ3) is 2.78. The molecule has 0 aliphatic carbocycles. The van der Waals surface area contributed by atoms with Crippen molar-refractivity contribution in [1.29, 1.82) is 0 Å². The van der Waals surface area contributed by atoms with E-state index in [2.05, 4.69) is 10.2 Å². The molecule has 0 bridgehead atoms. The van der Waals surface area contributed by atoms with Crippen LogP contribution in [-0.2, 0) is 9.47 Å². The molecule has 19 heavy (non-hydrogen) atoms. The Labute approximate surface area is 113 Å². The Morgan fingerprint density at radius 3 is 2.84 bits per heavy atom. The number of rotatable bonds is 2. The maximum Gasteiger partial charge on any atom is 0.0729 e. The van der Waals surface area contributed by atoms with E-state index in [4.69, 9.17) is 15.2 Å². The fourth-order valence-electron chi connectivity index (χ4n) is 3.23. The Bertz CT molecular complexity index is 401. The largest absolute Gasteiger partial charge is 0.381 e. The van der Waals surface area contributed by atoms with Gasteiger partial charge in [-0.15, -0.1) is 0 Å². The summed E-state index contributed by atoms with van der Waals surface area (Å²) in [7, 11) is 0. The molecule has 104 valence electrons. The molecule has 2 aliphatic rings. The molecule has 2 atom stereocenters. The first-order valence-corrected chi connectivity index (χ1v) is 7.03. The predicted octanol–water partition coefficient (Wildman–Crippen LogP) is 1.45. The van der Waals surface area contributed by atoms with Crippen LogP contribution in [0.5, 0.6) is 0 Å². The average molecular weight is 263 g/mol.